The predicted molar refractivity (Wildman–Crippen MR) is 141 cm³/mol. The van der Waals surface area contributed by atoms with Gasteiger partial charge in [0.05, 0.1) is 23.7 Å². The lowest BCUT2D eigenvalue weighted by atomic mass is 9.89. The van der Waals surface area contributed by atoms with Crippen molar-refractivity contribution in [1.82, 2.24) is 4.90 Å². The molecule has 2 aromatic carbocycles. The van der Waals surface area contributed by atoms with E-state index < -0.39 is 0 Å². The zero-order chi connectivity index (χ0) is 24.4. The number of methoxy groups -OCH3 is 1. The summed E-state index contributed by atoms with van der Waals surface area (Å²) in [5.41, 5.74) is 6.48. The molecule has 0 saturated carbocycles. The summed E-state index contributed by atoms with van der Waals surface area (Å²) in [6, 6.07) is 8.76. The fourth-order valence-corrected chi connectivity index (χ4v) is 5.40. The fourth-order valence-electron chi connectivity index (χ4n) is 5.40. The number of ether oxygens (including phenoxy) is 3. The lowest BCUT2D eigenvalue weighted by Gasteiger charge is -2.22. The highest BCUT2D eigenvalue weighted by molar-refractivity contribution is 6.00. The first kappa shape index (κ1) is 26.4. The van der Waals surface area contributed by atoms with Crippen LogP contribution in [0.2, 0.25) is 0 Å². The summed E-state index contributed by atoms with van der Waals surface area (Å²) < 4.78 is 19.7. The standard InChI is InChI=1S/C29H37N3O3.ClH/c1-5-6-7-8-9-22-21-10-11-25(33-4)28(30-13-15-31(2)3)24(21)18-32-14-12-20-16-26-27(35-19-34-26)17-23(20)29(22)32;/h10-11,16-18H,5-9,12-15,19H2,1-4H3;1H. The second kappa shape index (κ2) is 11.6. The Balaban J connectivity index is 0.00000304. The van der Waals surface area contributed by atoms with Crippen LogP contribution in [-0.4, -0.2) is 46.0 Å². The van der Waals surface area contributed by atoms with Crippen molar-refractivity contribution in [3.63, 3.8) is 0 Å². The molecule has 2 aliphatic rings. The topological polar surface area (TPSA) is 46.8 Å². The number of hydrogen-bond donors (Lipinski definition) is 1. The first-order valence-electron chi connectivity index (χ1n) is 13.0. The van der Waals surface area contributed by atoms with E-state index in [0.717, 1.165) is 55.4 Å². The third-order valence-electron chi connectivity index (χ3n) is 7.23. The molecule has 194 valence electrons. The Morgan fingerprint density at radius 3 is 2.61 bits per heavy atom. The minimum atomic E-state index is 0. The molecule has 1 N–H and O–H groups in total. The van der Waals surface area contributed by atoms with Crippen molar-refractivity contribution in [2.75, 3.05) is 46.4 Å². The maximum absolute atomic E-state index is 5.80. The molecule has 7 heteroatoms. The van der Waals surface area contributed by atoms with Gasteiger partial charge in [-0.05, 0) is 62.2 Å². The van der Waals surface area contributed by atoms with Gasteiger partial charge in [-0.3, -0.25) is 0 Å². The molecular formula is C29H38ClN3O3. The number of nitrogens with zero attached hydrogens (tertiary/aromatic N) is 2. The number of anilines is 1. The van der Waals surface area contributed by atoms with Crippen molar-refractivity contribution < 1.29 is 31.2 Å². The summed E-state index contributed by atoms with van der Waals surface area (Å²) in [4.78, 5) is 2.20. The molecule has 5 rings (SSSR count). The van der Waals surface area contributed by atoms with Crippen molar-refractivity contribution in [2.24, 2.45) is 0 Å². The lowest BCUT2D eigenvalue weighted by Crippen LogP contribution is -3.00. The third-order valence-corrected chi connectivity index (χ3v) is 7.23. The van der Waals surface area contributed by atoms with Crippen LogP contribution in [0.1, 0.15) is 43.7 Å². The minimum Gasteiger partial charge on any atom is -1.00 e. The highest BCUT2D eigenvalue weighted by Gasteiger charge is 2.32. The van der Waals surface area contributed by atoms with Crippen LogP contribution in [0.5, 0.6) is 17.2 Å². The van der Waals surface area contributed by atoms with Crippen LogP contribution in [0.15, 0.2) is 30.5 Å². The fraction of sp³-hybridized carbons (Fsp3) is 0.483. The van der Waals surface area contributed by atoms with E-state index in [4.69, 9.17) is 14.2 Å². The monoisotopic (exact) mass is 511 g/mol. The van der Waals surface area contributed by atoms with E-state index in [0.29, 0.717) is 6.79 Å². The normalized spacial score (nSPS) is 13.4. The second-order valence-corrected chi connectivity index (χ2v) is 9.91. The molecule has 6 nitrogen and oxygen atoms in total. The van der Waals surface area contributed by atoms with Gasteiger partial charge in [-0.2, -0.15) is 4.57 Å². The van der Waals surface area contributed by atoms with Gasteiger partial charge < -0.3 is 36.8 Å². The Hall–Kier alpha value is -2.70. The quantitative estimate of drug-likeness (QED) is 0.334. The summed E-state index contributed by atoms with van der Waals surface area (Å²) in [6.45, 7) is 5.35. The van der Waals surface area contributed by atoms with Crippen LogP contribution in [0.4, 0.5) is 5.69 Å². The Kier molecular flexibility index (Phi) is 8.47. The number of halogens is 1. The van der Waals surface area contributed by atoms with E-state index in [1.54, 1.807) is 7.11 Å². The summed E-state index contributed by atoms with van der Waals surface area (Å²) in [6.07, 6.45) is 9.34. The van der Waals surface area contributed by atoms with Gasteiger partial charge in [0.25, 0.3) is 0 Å². The molecule has 0 bridgehead atoms. The van der Waals surface area contributed by atoms with Gasteiger partial charge in [0.15, 0.2) is 24.2 Å². The highest BCUT2D eigenvalue weighted by atomic mass is 35.5. The molecule has 3 heterocycles. The number of rotatable bonds is 10. The Morgan fingerprint density at radius 1 is 1.06 bits per heavy atom. The minimum absolute atomic E-state index is 0. The molecule has 0 aliphatic carbocycles. The second-order valence-electron chi connectivity index (χ2n) is 9.91. The maximum atomic E-state index is 5.80. The molecule has 0 spiro atoms. The molecule has 36 heavy (non-hydrogen) atoms. The van der Waals surface area contributed by atoms with Crippen LogP contribution in [0.3, 0.4) is 0 Å². The third kappa shape index (κ3) is 5.07. The molecule has 2 aliphatic heterocycles. The first-order valence-corrected chi connectivity index (χ1v) is 13.0. The van der Waals surface area contributed by atoms with Gasteiger partial charge in [-0.15, -0.1) is 0 Å². The highest BCUT2D eigenvalue weighted by Crippen LogP contribution is 2.43. The van der Waals surface area contributed by atoms with Gasteiger partial charge >= 0.3 is 0 Å². The Labute approximate surface area is 221 Å². The number of unbranched alkanes of at least 4 members (excludes halogenated alkanes) is 3. The molecule has 0 fully saturated rings. The summed E-state index contributed by atoms with van der Waals surface area (Å²) in [5, 5.41) is 6.23. The number of pyridine rings is 1. The number of fused-ring (bicyclic) bond motifs is 5. The van der Waals surface area contributed by atoms with E-state index in [2.05, 4.69) is 66.3 Å². The van der Waals surface area contributed by atoms with Gasteiger partial charge in [0, 0.05) is 25.1 Å². The van der Waals surface area contributed by atoms with E-state index in [-0.39, 0.29) is 12.4 Å². The summed E-state index contributed by atoms with van der Waals surface area (Å²) in [5.74, 6) is 2.63. The van der Waals surface area contributed by atoms with E-state index in [1.807, 2.05) is 0 Å². The van der Waals surface area contributed by atoms with E-state index in [1.165, 1.54) is 58.8 Å². The number of aromatic nitrogens is 1. The van der Waals surface area contributed by atoms with Crippen LogP contribution < -0.4 is 36.5 Å². The number of likely N-dealkylation sites (N-methyl/N-ethyl adjacent to an activating group) is 1. The molecule has 1 aromatic heterocycles. The maximum Gasteiger partial charge on any atom is 0.231 e. The van der Waals surface area contributed by atoms with Gasteiger partial charge in [0.1, 0.15) is 5.75 Å². The van der Waals surface area contributed by atoms with Crippen molar-refractivity contribution >= 4 is 16.5 Å². The van der Waals surface area contributed by atoms with Crippen LogP contribution in [-0.2, 0) is 19.4 Å². The van der Waals surface area contributed by atoms with Crippen molar-refractivity contribution in [2.45, 2.75) is 52.0 Å². The molecule has 0 atom stereocenters. The number of nitrogens with one attached hydrogen (secondary N) is 1. The van der Waals surface area contributed by atoms with Crippen LogP contribution >= 0.6 is 0 Å². The zero-order valence-electron chi connectivity index (χ0n) is 22.0. The number of benzene rings is 2. The zero-order valence-corrected chi connectivity index (χ0v) is 22.7. The van der Waals surface area contributed by atoms with Crippen LogP contribution in [0, 0.1) is 0 Å². The molecular weight excluding hydrogens is 474 g/mol. The van der Waals surface area contributed by atoms with Gasteiger partial charge in [0.2, 0.25) is 12.5 Å². The average Bonchev–Trinajstić information content (AvgIpc) is 3.32. The Morgan fingerprint density at radius 2 is 1.86 bits per heavy atom. The van der Waals surface area contributed by atoms with Crippen LogP contribution in [0.25, 0.3) is 22.0 Å². The average molecular weight is 512 g/mol. The summed E-state index contributed by atoms with van der Waals surface area (Å²) in [7, 11) is 5.96. The first-order chi connectivity index (χ1) is 17.1. The molecule has 0 unspecified atom stereocenters. The molecule has 3 aromatic rings. The van der Waals surface area contributed by atoms with Crippen molar-refractivity contribution in [1.29, 1.82) is 0 Å². The molecule has 0 saturated heterocycles. The predicted octanol–water partition coefficient (Wildman–Crippen LogP) is 2.19. The SMILES string of the molecule is CCCCCCc1c2[n+](cc3c(NCCN(C)C)c(OC)ccc13)CCc1cc3c(cc1-2)OCO3.[Cl-]. The molecule has 0 radical (unpaired) electrons. The number of aryl methyl sites for hydroxylation is 3. The van der Waals surface area contributed by atoms with Gasteiger partial charge in [-0.1, -0.05) is 26.2 Å². The summed E-state index contributed by atoms with van der Waals surface area (Å²) >= 11 is 0. The largest absolute Gasteiger partial charge is 1.00 e. The number of hydrogen-bond acceptors (Lipinski definition) is 5. The van der Waals surface area contributed by atoms with E-state index in [9.17, 15) is 0 Å². The lowest BCUT2D eigenvalue weighted by molar-refractivity contribution is -0.686. The molecule has 0 amide bonds. The smallest absolute Gasteiger partial charge is 0.231 e. The Bertz CT molecular complexity index is 1230. The van der Waals surface area contributed by atoms with Crippen molar-refractivity contribution in [3.8, 4) is 28.5 Å². The van der Waals surface area contributed by atoms with Crippen molar-refractivity contribution in [3.05, 3.63) is 41.6 Å². The van der Waals surface area contributed by atoms with Gasteiger partial charge in [-0.25, -0.2) is 0 Å². The van der Waals surface area contributed by atoms with E-state index >= 15 is 0 Å².